The average molecular weight is 369 g/mol. The molecule has 2 aromatic rings. The molecule has 0 spiro atoms. The second-order valence-electron chi connectivity index (χ2n) is 5.61. The molecule has 0 aromatic carbocycles. The Labute approximate surface area is 150 Å². The molecule has 128 valence electrons. The number of anilines is 1. The van der Waals surface area contributed by atoms with E-state index >= 15 is 0 Å². The number of halogens is 2. The van der Waals surface area contributed by atoms with Gasteiger partial charge in [-0.3, -0.25) is 4.79 Å². The number of aromatic nitrogens is 2. The molecule has 0 aliphatic carbocycles. The molecule has 24 heavy (non-hydrogen) atoms. The van der Waals surface area contributed by atoms with Crippen LogP contribution in [0.15, 0.2) is 24.5 Å². The summed E-state index contributed by atoms with van der Waals surface area (Å²) in [5, 5.41) is 3.81. The lowest BCUT2D eigenvalue weighted by Gasteiger charge is -2.11. The summed E-state index contributed by atoms with van der Waals surface area (Å²) in [6, 6.07) is 3.23. The van der Waals surface area contributed by atoms with Crippen molar-refractivity contribution in [2.75, 3.05) is 11.9 Å². The number of pyridine rings is 2. The van der Waals surface area contributed by atoms with E-state index in [9.17, 15) is 4.79 Å². The third-order valence-electron chi connectivity index (χ3n) is 3.00. The number of nitrogens with two attached hydrogens (primary N) is 1. The minimum absolute atomic E-state index is 0.252. The van der Waals surface area contributed by atoms with Crippen LogP contribution in [0, 0.1) is 5.92 Å². The van der Waals surface area contributed by atoms with Crippen molar-refractivity contribution < 1.29 is 9.53 Å². The number of hydrogen-bond acceptors (Lipinski definition) is 5. The molecule has 1 amide bonds. The Morgan fingerprint density at radius 1 is 1.25 bits per heavy atom. The number of nitrogens with zero attached hydrogens (tertiary/aromatic N) is 2. The van der Waals surface area contributed by atoms with Gasteiger partial charge in [0.25, 0.3) is 0 Å². The Kier molecular flexibility index (Phi) is 6.23. The van der Waals surface area contributed by atoms with Crippen LogP contribution in [0.5, 0.6) is 5.88 Å². The zero-order valence-corrected chi connectivity index (χ0v) is 14.9. The quantitative estimate of drug-likeness (QED) is 0.779. The first-order valence-corrected chi connectivity index (χ1v) is 8.09. The Bertz CT molecular complexity index is 738. The van der Waals surface area contributed by atoms with Crippen molar-refractivity contribution in [1.82, 2.24) is 9.97 Å². The smallest absolute Gasteiger partial charge is 0.250 e. The van der Waals surface area contributed by atoms with Crippen LogP contribution in [0.25, 0.3) is 0 Å². The Morgan fingerprint density at radius 3 is 2.58 bits per heavy atom. The lowest BCUT2D eigenvalue weighted by molar-refractivity contribution is 0.1000. The number of hydrogen-bond donors (Lipinski definition) is 2. The van der Waals surface area contributed by atoms with E-state index in [4.69, 9.17) is 33.7 Å². The molecule has 0 aliphatic heterocycles. The topological polar surface area (TPSA) is 90.1 Å². The highest BCUT2D eigenvalue weighted by molar-refractivity contribution is 6.33. The van der Waals surface area contributed by atoms with E-state index in [1.807, 2.05) is 13.8 Å². The summed E-state index contributed by atoms with van der Waals surface area (Å²) in [4.78, 5) is 19.4. The maximum absolute atomic E-state index is 11.1. The molecule has 2 rings (SSSR count). The summed E-state index contributed by atoms with van der Waals surface area (Å²) in [5.41, 5.74) is 6.27. The maximum atomic E-state index is 11.1. The highest BCUT2D eigenvalue weighted by Crippen LogP contribution is 2.24. The van der Waals surface area contributed by atoms with Crippen molar-refractivity contribution in [1.29, 1.82) is 0 Å². The number of ether oxygens (including phenoxy) is 1. The van der Waals surface area contributed by atoms with Gasteiger partial charge in [0.15, 0.2) is 0 Å². The SMILES string of the molecule is CC(C)COc1ncc(CNc2ncc(C(N)=O)cc2Cl)cc1Cl. The summed E-state index contributed by atoms with van der Waals surface area (Å²) in [6.45, 7) is 5.06. The number of amides is 1. The van der Waals surface area contributed by atoms with Crippen molar-refractivity contribution in [3.8, 4) is 5.88 Å². The molecule has 6 nitrogen and oxygen atoms in total. The maximum Gasteiger partial charge on any atom is 0.250 e. The van der Waals surface area contributed by atoms with Gasteiger partial charge in [0.05, 0.1) is 17.2 Å². The zero-order valence-electron chi connectivity index (χ0n) is 13.3. The molecule has 0 unspecified atom stereocenters. The molecular formula is C16H18Cl2N4O2. The molecule has 0 atom stereocenters. The van der Waals surface area contributed by atoms with Crippen LogP contribution in [0.2, 0.25) is 10.0 Å². The van der Waals surface area contributed by atoms with Crippen molar-refractivity contribution in [2.24, 2.45) is 11.7 Å². The van der Waals surface area contributed by atoms with Crippen molar-refractivity contribution in [3.05, 3.63) is 45.7 Å². The van der Waals surface area contributed by atoms with Crippen molar-refractivity contribution in [2.45, 2.75) is 20.4 Å². The lowest BCUT2D eigenvalue weighted by Crippen LogP contribution is -2.12. The van der Waals surface area contributed by atoms with E-state index in [-0.39, 0.29) is 5.56 Å². The number of primary amides is 1. The van der Waals surface area contributed by atoms with Crippen LogP contribution in [0.1, 0.15) is 29.8 Å². The highest BCUT2D eigenvalue weighted by Gasteiger charge is 2.09. The van der Waals surface area contributed by atoms with Crippen LogP contribution in [0.3, 0.4) is 0 Å². The summed E-state index contributed by atoms with van der Waals surface area (Å²) in [6.07, 6.45) is 3.03. The number of rotatable bonds is 7. The molecule has 2 heterocycles. The fourth-order valence-corrected chi connectivity index (χ4v) is 2.28. The summed E-state index contributed by atoms with van der Waals surface area (Å²) < 4.78 is 5.53. The van der Waals surface area contributed by atoms with E-state index < -0.39 is 5.91 Å². The fourth-order valence-electron chi connectivity index (χ4n) is 1.80. The molecule has 3 N–H and O–H groups in total. The van der Waals surface area contributed by atoms with Gasteiger partial charge in [0, 0.05) is 18.9 Å². The Balaban J connectivity index is 2.02. The van der Waals surface area contributed by atoms with Crippen LogP contribution in [-0.2, 0) is 6.54 Å². The van der Waals surface area contributed by atoms with Gasteiger partial charge in [-0.25, -0.2) is 9.97 Å². The van der Waals surface area contributed by atoms with Crippen molar-refractivity contribution >= 4 is 34.9 Å². The second kappa shape index (κ2) is 8.17. The standard InChI is InChI=1S/C16H18Cl2N4O2/c1-9(2)8-24-16-13(18)3-10(6-22-16)5-20-15-12(17)4-11(7-21-15)14(19)23/h3-4,6-7,9H,5,8H2,1-2H3,(H2,19,23)(H,20,21). The first kappa shape index (κ1) is 18.3. The van der Waals surface area contributed by atoms with E-state index in [2.05, 4.69) is 15.3 Å². The molecular weight excluding hydrogens is 351 g/mol. The van der Waals surface area contributed by atoms with E-state index in [1.54, 1.807) is 12.3 Å². The Hall–Kier alpha value is -2.05. The van der Waals surface area contributed by atoms with Gasteiger partial charge in [0.2, 0.25) is 11.8 Å². The van der Waals surface area contributed by atoms with Crippen LogP contribution in [0.4, 0.5) is 5.82 Å². The first-order valence-electron chi connectivity index (χ1n) is 7.33. The summed E-state index contributed by atoms with van der Waals surface area (Å²) >= 11 is 12.2. The predicted molar refractivity (Wildman–Crippen MR) is 94.7 cm³/mol. The number of nitrogens with one attached hydrogen (secondary N) is 1. The molecule has 0 saturated carbocycles. The van der Waals surface area contributed by atoms with Crippen molar-refractivity contribution in [3.63, 3.8) is 0 Å². The largest absolute Gasteiger partial charge is 0.476 e. The van der Waals surface area contributed by atoms with Crippen LogP contribution in [-0.4, -0.2) is 22.5 Å². The zero-order chi connectivity index (χ0) is 17.7. The predicted octanol–water partition coefficient (Wildman–Crippen LogP) is 3.53. The molecule has 8 heteroatoms. The third kappa shape index (κ3) is 4.97. The van der Waals surface area contributed by atoms with Gasteiger partial charge >= 0.3 is 0 Å². The van der Waals surface area contributed by atoms with Gasteiger partial charge in [-0.15, -0.1) is 0 Å². The Morgan fingerprint density at radius 2 is 2.00 bits per heavy atom. The van der Waals surface area contributed by atoms with E-state index in [1.165, 1.54) is 12.3 Å². The summed E-state index contributed by atoms with van der Waals surface area (Å²) in [7, 11) is 0. The normalized spacial score (nSPS) is 10.7. The average Bonchev–Trinajstić information content (AvgIpc) is 2.52. The minimum Gasteiger partial charge on any atom is -0.476 e. The van der Waals surface area contributed by atoms with Crippen LogP contribution < -0.4 is 15.8 Å². The monoisotopic (exact) mass is 368 g/mol. The third-order valence-corrected chi connectivity index (χ3v) is 3.56. The van der Waals surface area contributed by atoms with Gasteiger partial charge in [0.1, 0.15) is 10.8 Å². The van der Waals surface area contributed by atoms with Crippen LogP contribution >= 0.6 is 23.2 Å². The highest BCUT2D eigenvalue weighted by atomic mass is 35.5. The molecule has 0 saturated heterocycles. The molecule has 0 aliphatic rings. The van der Waals surface area contributed by atoms with Gasteiger partial charge in [-0.05, 0) is 23.6 Å². The number of carbonyl (C=O) groups excluding carboxylic acids is 1. The minimum atomic E-state index is -0.580. The fraction of sp³-hybridized carbons (Fsp3) is 0.312. The molecule has 0 fully saturated rings. The van der Waals surface area contributed by atoms with E-state index in [0.717, 1.165) is 5.56 Å². The lowest BCUT2D eigenvalue weighted by atomic mass is 10.2. The second-order valence-corrected chi connectivity index (χ2v) is 6.42. The van der Waals surface area contributed by atoms with E-state index in [0.29, 0.717) is 40.8 Å². The first-order chi connectivity index (χ1) is 11.4. The van der Waals surface area contributed by atoms with Gasteiger partial charge in [-0.1, -0.05) is 37.0 Å². The molecule has 0 radical (unpaired) electrons. The molecule has 2 aromatic heterocycles. The molecule has 0 bridgehead atoms. The van der Waals surface area contributed by atoms with Gasteiger partial charge in [-0.2, -0.15) is 0 Å². The number of carbonyl (C=O) groups is 1. The summed E-state index contributed by atoms with van der Waals surface area (Å²) in [5.74, 6) is 0.665. The van der Waals surface area contributed by atoms with Gasteiger partial charge < -0.3 is 15.8 Å².